The minimum absolute atomic E-state index is 0.106. The number of carbonyl (C=O) groups excluding carboxylic acids is 1. The highest BCUT2D eigenvalue weighted by atomic mass is 16.1. The number of nitrogens with zero attached hydrogens (tertiary/aromatic N) is 4. The van der Waals surface area contributed by atoms with Crippen molar-refractivity contribution in [2.75, 3.05) is 11.5 Å². The summed E-state index contributed by atoms with van der Waals surface area (Å²) in [6.07, 6.45) is 0. The summed E-state index contributed by atoms with van der Waals surface area (Å²) in [6, 6.07) is 10.8. The Kier molecular flexibility index (Phi) is 2.27. The highest BCUT2D eigenvalue weighted by molar-refractivity contribution is 6.21. The van der Waals surface area contributed by atoms with Crippen LogP contribution in [0, 0.1) is 0 Å². The molecule has 2 aromatic carbocycles. The first-order valence-corrected chi connectivity index (χ1v) is 7.31. The Morgan fingerprint density at radius 3 is 2.33 bits per heavy atom. The van der Waals surface area contributed by atoms with Gasteiger partial charge in [0.25, 0.3) is 0 Å². The maximum absolute atomic E-state index is 12.5. The first kappa shape index (κ1) is 12.9. The lowest BCUT2D eigenvalue weighted by Gasteiger charge is -2.07. The van der Waals surface area contributed by atoms with Gasteiger partial charge in [0.2, 0.25) is 11.7 Å². The number of benzene rings is 2. The number of ketones is 1. The molecule has 0 aliphatic heterocycles. The van der Waals surface area contributed by atoms with Crippen LogP contribution in [0.15, 0.2) is 36.4 Å². The van der Waals surface area contributed by atoms with Gasteiger partial charge in [0.1, 0.15) is 22.7 Å². The van der Waals surface area contributed by atoms with Crippen LogP contribution in [-0.4, -0.2) is 25.7 Å². The Balaban J connectivity index is 1.95. The Bertz CT molecular complexity index is 1200. The van der Waals surface area contributed by atoms with Crippen molar-refractivity contribution in [2.24, 2.45) is 0 Å². The zero-order valence-corrected chi connectivity index (χ0v) is 12.3. The third kappa shape index (κ3) is 1.52. The molecule has 7 nitrogen and oxygen atoms in total. The van der Waals surface area contributed by atoms with Crippen molar-refractivity contribution >= 4 is 39.5 Å². The predicted molar refractivity (Wildman–Crippen MR) is 90.3 cm³/mol. The second-order valence-corrected chi connectivity index (χ2v) is 5.59. The zero-order chi connectivity index (χ0) is 16.4. The lowest BCUT2D eigenvalue weighted by atomic mass is 10.1. The normalized spacial score (nSPS) is 12.6. The van der Waals surface area contributed by atoms with Crippen LogP contribution in [0.2, 0.25) is 0 Å². The number of carbonyl (C=O) groups is 1. The van der Waals surface area contributed by atoms with Gasteiger partial charge >= 0.3 is 0 Å². The van der Waals surface area contributed by atoms with Crippen molar-refractivity contribution in [3.63, 3.8) is 0 Å². The van der Waals surface area contributed by atoms with E-state index in [1.807, 2.05) is 18.2 Å². The number of rotatable bonds is 0. The summed E-state index contributed by atoms with van der Waals surface area (Å²) in [6.45, 7) is 0. The summed E-state index contributed by atoms with van der Waals surface area (Å²) in [5.74, 6) is 0.237. The van der Waals surface area contributed by atoms with Crippen molar-refractivity contribution in [2.45, 2.75) is 0 Å². The molecule has 0 atom stereocenters. The number of aromatic nitrogens is 4. The molecule has 0 fully saturated rings. The van der Waals surface area contributed by atoms with Gasteiger partial charge in [-0.1, -0.05) is 24.3 Å². The van der Waals surface area contributed by atoms with Crippen molar-refractivity contribution in [1.82, 2.24) is 19.9 Å². The van der Waals surface area contributed by atoms with Crippen molar-refractivity contribution in [3.8, 4) is 11.3 Å². The van der Waals surface area contributed by atoms with Gasteiger partial charge in [-0.25, -0.2) is 15.0 Å². The van der Waals surface area contributed by atoms with Crippen LogP contribution >= 0.6 is 0 Å². The molecule has 0 unspecified atom stereocenters. The summed E-state index contributed by atoms with van der Waals surface area (Å²) in [7, 11) is 0. The molecule has 1 aliphatic carbocycles. The molecule has 114 valence electrons. The summed E-state index contributed by atoms with van der Waals surface area (Å²) in [5.41, 5.74) is 15.7. The molecule has 0 bridgehead atoms. The quantitative estimate of drug-likeness (QED) is 0.419. The third-order valence-electron chi connectivity index (χ3n) is 4.18. The molecule has 0 spiro atoms. The van der Waals surface area contributed by atoms with Crippen LogP contribution in [0.1, 0.15) is 16.1 Å². The molecule has 2 aromatic heterocycles. The summed E-state index contributed by atoms with van der Waals surface area (Å²) in [5, 5.41) is 0.592. The van der Waals surface area contributed by atoms with E-state index in [9.17, 15) is 4.79 Å². The van der Waals surface area contributed by atoms with E-state index >= 15 is 0 Å². The van der Waals surface area contributed by atoms with Gasteiger partial charge < -0.3 is 11.5 Å². The Morgan fingerprint density at radius 2 is 1.50 bits per heavy atom. The molecule has 24 heavy (non-hydrogen) atoms. The molecular formula is C17H10N6O. The fourth-order valence-corrected chi connectivity index (χ4v) is 3.15. The molecule has 2 heterocycles. The molecule has 0 radical (unpaired) electrons. The Morgan fingerprint density at radius 1 is 0.750 bits per heavy atom. The number of hydrogen-bond donors (Lipinski definition) is 2. The first-order valence-electron chi connectivity index (χ1n) is 7.31. The minimum Gasteiger partial charge on any atom is -0.383 e. The number of hydrogen-bond acceptors (Lipinski definition) is 7. The highest BCUT2D eigenvalue weighted by Gasteiger charge is 2.30. The molecule has 0 saturated carbocycles. The standard InChI is InChI=1S/C17H10N6O/c18-16-11-9(21-17(19)23-16)5-6-10-13(11)22-12-7-3-1-2-4-8(7)15(24)14(12)20-10/h1-6H,(H4,18,19,21,23). The number of nitrogens with two attached hydrogens (primary N) is 2. The van der Waals surface area contributed by atoms with E-state index in [2.05, 4.69) is 19.9 Å². The predicted octanol–water partition coefficient (Wildman–Crippen LogP) is 1.95. The van der Waals surface area contributed by atoms with Gasteiger partial charge in [-0.05, 0) is 12.1 Å². The Hall–Kier alpha value is -3.61. The van der Waals surface area contributed by atoms with E-state index in [4.69, 9.17) is 11.5 Å². The largest absolute Gasteiger partial charge is 0.383 e. The van der Waals surface area contributed by atoms with Crippen LogP contribution < -0.4 is 11.5 Å². The minimum atomic E-state index is -0.114. The molecule has 4 N–H and O–H groups in total. The van der Waals surface area contributed by atoms with E-state index in [1.54, 1.807) is 18.2 Å². The fourth-order valence-electron chi connectivity index (χ4n) is 3.15. The number of nitrogen functional groups attached to an aromatic ring is 2. The smallest absolute Gasteiger partial charge is 0.222 e. The maximum atomic E-state index is 12.5. The topological polar surface area (TPSA) is 121 Å². The molecule has 0 amide bonds. The third-order valence-corrected chi connectivity index (χ3v) is 4.18. The van der Waals surface area contributed by atoms with Gasteiger partial charge in [0.05, 0.1) is 16.4 Å². The highest BCUT2D eigenvalue weighted by Crippen LogP contribution is 2.36. The van der Waals surface area contributed by atoms with Crippen LogP contribution in [0.4, 0.5) is 11.8 Å². The van der Waals surface area contributed by atoms with Gasteiger partial charge in [-0.15, -0.1) is 0 Å². The van der Waals surface area contributed by atoms with E-state index in [1.165, 1.54) is 0 Å². The average molecular weight is 314 g/mol. The monoisotopic (exact) mass is 314 g/mol. The van der Waals surface area contributed by atoms with E-state index in [0.29, 0.717) is 38.9 Å². The van der Waals surface area contributed by atoms with Crippen molar-refractivity contribution in [3.05, 3.63) is 47.7 Å². The molecule has 0 saturated heterocycles. The average Bonchev–Trinajstić information content (AvgIpc) is 2.85. The van der Waals surface area contributed by atoms with Gasteiger partial charge in [0.15, 0.2) is 0 Å². The lowest BCUT2D eigenvalue weighted by molar-refractivity contribution is 0.103. The Labute approximate surface area is 135 Å². The van der Waals surface area contributed by atoms with E-state index in [-0.39, 0.29) is 17.5 Å². The lowest BCUT2D eigenvalue weighted by Crippen LogP contribution is -2.03. The van der Waals surface area contributed by atoms with E-state index < -0.39 is 0 Å². The first-order chi connectivity index (χ1) is 11.6. The van der Waals surface area contributed by atoms with Crippen LogP contribution in [-0.2, 0) is 0 Å². The molecule has 1 aliphatic rings. The zero-order valence-electron chi connectivity index (χ0n) is 12.3. The van der Waals surface area contributed by atoms with E-state index in [0.717, 1.165) is 5.56 Å². The summed E-state index contributed by atoms with van der Waals surface area (Å²) >= 11 is 0. The molecule has 5 rings (SSSR count). The molecule has 4 aromatic rings. The second kappa shape index (κ2) is 4.23. The SMILES string of the molecule is Nc1nc(N)c2c(ccc3nc4c(nc32)-c2ccccc2C4=O)n1. The molecule has 7 heteroatoms. The van der Waals surface area contributed by atoms with Crippen LogP contribution in [0.5, 0.6) is 0 Å². The summed E-state index contributed by atoms with van der Waals surface area (Å²) < 4.78 is 0. The maximum Gasteiger partial charge on any atom is 0.222 e. The van der Waals surface area contributed by atoms with Crippen LogP contribution in [0.25, 0.3) is 33.2 Å². The fraction of sp³-hybridized carbons (Fsp3) is 0. The van der Waals surface area contributed by atoms with Gasteiger partial charge in [0, 0.05) is 11.1 Å². The molecular weight excluding hydrogens is 304 g/mol. The van der Waals surface area contributed by atoms with Crippen molar-refractivity contribution < 1.29 is 4.79 Å². The number of anilines is 2. The van der Waals surface area contributed by atoms with Crippen molar-refractivity contribution in [1.29, 1.82) is 0 Å². The van der Waals surface area contributed by atoms with Gasteiger partial charge in [-0.2, -0.15) is 4.98 Å². The van der Waals surface area contributed by atoms with Gasteiger partial charge in [-0.3, -0.25) is 4.79 Å². The van der Waals surface area contributed by atoms with Crippen LogP contribution in [0.3, 0.4) is 0 Å². The second-order valence-electron chi connectivity index (χ2n) is 5.59. The number of fused-ring (bicyclic) bond motifs is 6. The summed E-state index contributed by atoms with van der Waals surface area (Å²) in [4.78, 5) is 29.9.